The normalized spacial score (nSPS) is 12.2. The van der Waals surface area contributed by atoms with Crippen LogP contribution in [-0.2, 0) is 25.1 Å². The van der Waals surface area contributed by atoms with Crippen LogP contribution in [0.3, 0.4) is 0 Å². The van der Waals surface area contributed by atoms with E-state index < -0.39 is 27.8 Å². The summed E-state index contributed by atoms with van der Waals surface area (Å²) in [5.41, 5.74) is 0.828. The maximum absolute atomic E-state index is 12.8. The molecule has 2 aromatic carbocycles. The molecule has 1 N–H and O–H groups in total. The molecular formula is C22H21NO5S2. The van der Waals surface area contributed by atoms with Crippen molar-refractivity contribution >= 4 is 33.1 Å². The third-order valence-electron chi connectivity index (χ3n) is 4.44. The van der Waals surface area contributed by atoms with E-state index in [0.29, 0.717) is 11.1 Å². The number of sulfone groups is 1. The van der Waals surface area contributed by atoms with E-state index in [0.717, 1.165) is 4.88 Å². The lowest BCUT2D eigenvalue weighted by molar-refractivity contribution is -0.141. The fraction of sp³-hybridized carbons (Fsp3) is 0.182. The van der Waals surface area contributed by atoms with Gasteiger partial charge in [-0.3, -0.25) is 9.59 Å². The van der Waals surface area contributed by atoms with E-state index in [-0.39, 0.29) is 17.1 Å². The molecule has 0 spiro atoms. The van der Waals surface area contributed by atoms with Gasteiger partial charge in [-0.05, 0) is 41.3 Å². The van der Waals surface area contributed by atoms with Gasteiger partial charge in [-0.15, -0.1) is 11.3 Å². The van der Waals surface area contributed by atoms with Crippen LogP contribution in [0.15, 0.2) is 77.0 Å². The average Bonchev–Trinajstić information content (AvgIpc) is 3.28. The topological polar surface area (TPSA) is 89.5 Å². The highest BCUT2D eigenvalue weighted by Crippen LogP contribution is 2.23. The van der Waals surface area contributed by atoms with Crippen molar-refractivity contribution in [3.8, 4) is 0 Å². The van der Waals surface area contributed by atoms with E-state index in [1.54, 1.807) is 54.6 Å². The Morgan fingerprint density at radius 3 is 2.47 bits per heavy atom. The number of thiophene rings is 1. The highest BCUT2D eigenvalue weighted by Gasteiger charge is 2.21. The first kappa shape index (κ1) is 21.7. The smallest absolute Gasteiger partial charge is 0.307 e. The summed E-state index contributed by atoms with van der Waals surface area (Å²) in [4.78, 5) is 25.6. The van der Waals surface area contributed by atoms with Crippen LogP contribution in [0.25, 0.3) is 0 Å². The first-order valence-electron chi connectivity index (χ1n) is 9.17. The molecule has 3 aromatic rings. The Morgan fingerprint density at radius 1 is 1.03 bits per heavy atom. The van der Waals surface area contributed by atoms with Crippen molar-refractivity contribution in [3.63, 3.8) is 0 Å². The van der Waals surface area contributed by atoms with Crippen molar-refractivity contribution in [2.24, 2.45) is 0 Å². The number of hydrogen-bond donors (Lipinski definition) is 1. The van der Waals surface area contributed by atoms with Gasteiger partial charge in [-0.25, -0.2) is 8.42 Å². The maximum atomic E-state index is 12.8. The van der Waals surface area contributed by atoms with Crippen molar-refractivity contribution in [1.29, 1.82) is 0 Å². The second kappa shape index (κ2) is 9.69. The summed E-state index contributed by atoms with van der Waals surface area (Å²) in [6.07, 6.45) is 0.00479. The zero-order chi connectivity index (χ0) is 21.6. The fourth-order valence-corrected chi connectivity index (χ4v) is 5.07. The third-order valence-corrected chi connectivity index (χ3v) is 7.13. The SMILES string of the molecule is COC(=O)CC(NC(=O)c1cccc(CS(=O)(=O)c2ccccc2)c1)c1cccs1. The number of methoxy groups -OCH3 is 1. The Labute approximate surface area is 179 Å². The summed E-state index contributed by atoms with van der Waals surface area (Å²) in [6, 6.07) is 17.8. The molecule has 30 heavy (non-hydrogen) atoms. The van der Waals surface area contributed by atoms with Crippen LogP contribution in [0, 0.1) is 0 Å². The molecule has 1 atom stereocenters. The quantitative estimate of drug-likeness (QED) is 0.536. The van der Waals surface area contributed by atoms with Gasteiger partial charge in [0.2, 0.25) is 0 Å². The van der Waals surface area contributed by atoms with Gasteiger partial charge in [0, 0.05) is 10.4 Å². The van der Waals surface area contributed by atoms with Crippen LogP contribution in [-0.4, -0.2) is 27.4 Å². The summed E-state index contributed by atoms with van der Waals surface area (Å²) >= 11 is 1.43. The van der Waals surface area contributed by atoms with Crippen LogP contribution < -0.4 is 5.32 Å². The Kier molecular flexibility index (Phi) is 7.02. The molecule has 0 aliphatic heterocycles. The summed E-state index contributed by atoms with van der Waals surface area (Å²) in [7, 11) is -2.23. The first-order chi connectivity index (χ1) is 14.4. The molecule has 0 bridgehead atoms. The van der Waals surface area contributed by atoms with Crippen molar-refractivity contribution in [1.82, 2.24) is 5.32 Å². The zero-order valence-electron chi connectivity index (χ0n) is 16.3. The van der Waals surface area contributed by atoms with Gasteiger partial charge in [0.25, 0.3) is 5.91 Å². The van der Waals surface area contributed by atoms with Crippen molar-refractivity contribution in [2.75, 3.05) is 7.11 Å². The molecule has 8 heteroatoms. The number of benzene rings is 2. The van der Waals surface area contributed by atoms with Crippen LogP contribution in [0.2, 0.25) is 0 Å². The van der Waals surface area contributed by atoms with Crippen molar-refractivity contribution in [2.45, 2.75) is 23.1 Å². The van der Waals surface area contributed by atoms with Gasteiger partial charge < -0.3 is 10.1 Å². The number of esters is 1. The van der Waals surface area contributed by atoms with Crippen LogP contribution >= 0.6 is 11.3 Å². The molecule has 0 aliphatic carbocycles. The molecule has 1 aromatic heterocycles. The number of carbonyl (C=O) groups excluding carboxylic acids is 2. The van der Waals surface area contributed by atoms with Crippen molar-refractivity contribution < 1.29 is 22.7 Å². The lowest BCUT2D eigenvalue weighted by atomic mass is 10.1. The largest absolute Gasteiger partial charge is 0.469 e. The Bertz CT molecular complexity index is 1110. The highest BCUT2D eigenvalue weighted by atomic mass is 32.2. The molecule has 0 saturated heterocycles. The minimum absolute atomic E-state index is 0.00479. The summed E-state index contributed by atoms with van der Waals surface area (Å²) in [5.74, 6) is -1.04. The molecule has 3 rings (SSSR count). The van der Waals surface area contributed by atoms with E-state index in [2.05, 4.69) is 5.32 Å². The van der Waals surface area contributed by atoms with E-state index in [4.69, 9.17) is 4.74 Å². The van der Waals surface area contributed by atoms with Gasteiger partial charge in [0.15, 0.2) is 9.84 Å². The second-order valence-corrected chi connectivity index (χ2v) is 9.56. The monoisotopic (exact) mass is 443 g/mol. The number of hydrogen-bond acceptors (Lipinski definition) is 6. The third kappa shape index (κ3) is 5.55. The highest BCUT2D eigenvalue weighted by molar-refractivity contribution is 7.90. The van der Waals surface area contributed by atoms with E-state index in [1.165, 1.54) is 18.4 Å². The maximum Gasteiger partial charge on any atom is 0.307 e. The van der Waals surface area contributed by atoms with Gasteiger partial charge in [-0.2, -0.15) is 0 Å². The fourth-order valence-electron chi connectivity index (χ4n) is 2.94. The van der Waals surface area contributed by atoms with E-state index in [9.17, 15) is 18.0 Å². The van der Waals surface area contributed by atoms with Crippen LogP contribution in [0.5, 0.6) is 0 Å². The van der Waals surface area contributed by atoms with E-state index in [1.807, 2.05) is 17.5 Å². The number of nitrogens with one attached hydrogen (secondary N) is 1. The number of amides is 1. The van der Waals surface area contributed by atoms with Crippen LogP contribution in [0.4, 0.5) is 0 Å². The zero-order valence-corrected chi connectivity index (χ0v) is 17.9. The van der Waals surface area contributed by atoms with Gasteiger partial charge in [0.1, 0.15) is 0 Å². The Morgan fingerprint density at radius 2 is 1.80 bits per heavy atom. The second-order valence-electron chi connectivity index (χ2n) is 6.59. The molecule has 0 saturated carbocycles. The number of rotatable bonds is 8. The predicted octanol–water partition coefficient (Wildman–Crippen LogP) is 3.76. The molecule has 0 radical (unpaired) electrons. The van der Waals surface area contributed by atoms with Gasteiger partial charge in [-0.1, -0.05) is 36.4 Å². The Balaban J connectivity index is 1.77. The minimum Gasteiger partial charge on any atom is -0.469 e. The standard InChI is InChI=1S/C22H21NO5S2/c1-28-21(24)14-19(20-11-6-12-29-20)23-22(25)17-8-5-7-16(13-17)15-30(26,27)18-9-3-2-4-10-18/h2-13,19H,14-15H2,1H3,(H,23,25). The van der Waals surface area contributed by atoms with Gasteiger partial charge >= 0.3 is 5.97 Å². The average molecular weight is 444 g/mol. The predicted molar refractivity (Wildman–Crippen MR) is 115 cm³/mol. The molecule has 1 unspecified atom stereocenters. The van der Waals surface area contributed by atoms with E-state index >= 15 is 0 Å². The molecule has 6 nitrogen and oxygen atoms in total. The molecule has 1 heterocycles. The Hall–Kier alpha value is -2.97. The summed E-state index contributed by atoms with van der Waals surface area (Å²) in [6.45, 7) is 0. The summed E-state index contributed by atoms with van der Waals surface area (Å²) < 4.78 is 30.0. The lowest BCUT2D eigenvalue weighted by Gasteiger charge is -2.17. The molecule has 0 aliphatic rings. The number of carbonyl (C=O) groups is 2. The minimum atomic E-state index is -3.52. The number of ether oxygens (including phenoxy) is 1. The molecule has 156 valence electrons. The molecule has 1 amide bonds. The molecule has 0 fully saturated rings. The van der Waals surface area contributed by atoms with Crippen molar-refractivity contribution in [3.05, 3.63) is 88.1 Å². The lowest BCUT2D eigenvalue weighted by Crippen LogP contribution is -2.30. The molecular weight excluding hydrogens is 422 g/mol. The summed E-state index contributed by atoms with van der Waals surface area (Å²) in [5, 5.41) is 4.71. The van der Waals surface area contributed by atoms with Gasteiger partial charge in [0.05, 0.1) is 30.2 Å². The van der Waals surface area contributed by atoms with Crippen LogP contribution in [0.1, 0.15) is 33.3 Å². The first-order valence-corrected chi connectivity index (χ1v) is 11.7.